The molecule has 1 saturated carbocycles. The average Bonchev–Trinajstić information content (AvgIpc) is 3.12. The van der Waals surface area contributed by atoms with E-state index < -0.39 is 23.2 Å². The Morgan fingerprint density at radius 3 is 2.55 bits per heavy atom. The maximum Gasteiger partial charge on any atom is 0.419 e. The molecule has 1 unspecified atom stereocenters. The fourth-order valence-electron chi connectivity index (χ4n) is 2.84. The van der Waals surface area contributed by atoms with Crippen molar-refractivity contribution in [2.45, 2.75) is 37.1 Å². The first-order valence-corrected chi connectivity index (χ1v) is 6.63. The summed E-state index contributed by atoms with van der Waals surface area (Å²) in [6.45, 7) is 0.987. The van der Waals surface area contributed by atoms with Gasteiger partial charge < -0.3 is 5.11 Å². The van der Waals surface area contributed by atoms with Gasteiger partial charge in [0.15, 0.2) is 0 Å². The number of halogens is 4. The number of β-amino-alcohol motifs (C(OH)–C–C–N with tert-alkyl or cyclic N) is 1. The predicted molar refractivity (Wildman–Crippen MR) is 64.5 cm³/mol. The Balaban J connectivity index is 1.90. The monoisotopic (exact) mass is 289 g/mol. The van der Waals surface area contributed by atoms with Crippen molar-refractivity contribution < 1.29 is 22.7 Å². The van der Waals surface area contributed by atoms with Gasteiger partial charge in [0.2, 0.25) is 0 Å². The molecule has 20 heavy (non-hydrogen) atoms. The number of alkyl halides is 3. The van der Waals surface area contributed by atoms with Crippen molar-refractivity contribution >= 4 is 0 Å². The van der Waals surface area contributed by atoms with E-state index in [0.29, 0.717) is 25.6 Å². The Hall–Kier alpha value is -1.14. The Morgan fingerprint density at radius 2 is 1.95 bits per heavy atom. The van der Waals surface area contributed by atoms with E-state index >= 15 is 0 Å². The fraction of sp³-hybridized carbons (Fsp3) is 0.571. The normalized spacial score (nSPS) is 28.1. The van der Waals surface area contributed by atoms with Crippen molar-refractivity contribution in [2.75, 3.05) is 13.1 Å². The Labute approximate surface area is 114 Å². The molecule has 0 radical (unpaired) electrons. The molecule has 1 saturated heterocycles. The highest BCUT2D eigenvalue weighted by Gasteiger charge is 2.44. The molecule has 3 rings (SSSR count). The zero-order chi connectivity index (χ0) is 14.5. The lowest BCUT2D eigenvalue weighted by Gasteiger charge is -2.25. The largest absolute Gasteiger partial charge is 0.419 e. The van der Waals surface area contributed by atoms with Crippen molar-refractivity contribution in [3.63, 3.8) is 0 Å². The van der Waals surface area contributed by atoms with Crippen LogP contribution in [0.3, 0.4) is 0 Å². The van der Waals surface area contributed by atoms with Gasteiger partial charge in [-0.25, -0.2) is 4.39 Å². The van der Waals surface area contributed by atoms with Crippen LogP contribution < -0.4 is 0 Å². The van der Waals surface area contributed by atoms with Crippen molar-refractivity contribution in [1.29, 1.82) is 0 Å². The molecule has 2 nitrogen and oxygen atoms in total. The number of hydrogen-bond donors (Lipinski definition) is 1. The smallest absolute Gasteiger partial charge is 0.384 e. The molecule has 6 heteroatoms. The van der Waals surface area contributed by atoms with Gasteiger partial charge in [0.25, 0.3) is 0 Å². The van der Waals surface area contributed by atoms with Crippen molar-refractivity contribution in [1.82, 2.24) is 4.90 Å². The highest BCUT2D eigenvalue weighted by Crippen LogP contribution is 2.40. The number of aliphatic hydroxyl groups is 1. The van der Waals surface area contributed by atoms with Crippen LogP contribution in [0, 0.1) is 5.82 Å². The molecule has 1 aliphatic carbocycles. The molecule has 2 aliphatic rings. The zero-order valence-corrected chi connectivity index (χ0v) is 10.8. The number of hydrogen-bond acceptors (Lipinski definition) is 2. The van der Waals surface area contributed by atoms with E-state index in [-0.39, 0.29) is 5.56 Å². The lowest BCUT2D eigenvalue weighted by atomic mass is 9.91. The molecule has 110 valence electrons. The van der Waals surface area contributed by atoms with Crippen LogP contribution in [0.15, 0.2) is 18.2 Å². The zero-order valence-electron chi connectivity index (χ0n) is 10.8. The lowest BCUT2D eigenvalue weighted by Crippen LogP contribution is -2.32. The first kappa shape index (κ1) is 13.8. The molecular formula is C14H15F4NO. The highest BCUT2D eigenvalue weighted by atomic mass is 19.4. The van der Waals surface area contributed by atoms with E-state index in [9.17, 15) is 22.7 Å². The van der Waals surface area contributed by atoms with Crippen LogP contribution in [0.2, 0.25) is 0 Å². The number of nitrogens with zero attached hydrogens (tertiary/aromatic N) is 1. The summed E-state index contributed by atoms with van der Waals surface area (Å²) >= 11 is 0. The van der Waals surface area contributed by atoms with Gasteiger partial charge in [-0.3, -0.25) is 4.90 Å². The second-order valence-corrected chi connectivity index (χ2v) is 5.68. The quantitative estimate of drug-likeness (QED) is 0.846. The lowest BCUT2D eigenvalue weighted by molar-refractivity contribution is -0.140. The molecule has 1 atom stereocenters. The maximum atomic E-state index is 13.3. The molecular weight excluding hydrogens is 274 g/mol. The summed E-state index contributed by atoms with van der Waals surface area (Å²) in [6.07, 6.45) is -2.21. The van der Waals surface area contributed by atoms with Gasteiger partial charge in [-0.1, -0.05) is 6.07 Å². The third-order valence-electron chi connectivity index (χ3n) is 4.15. The van der Waals surface area contributed by atoms with Gasteiger partial charge in [-0.2, -0.15) is 13.2 Å². The maximum absolute atomic E-state index is 13.3. The minimum Gasteiger partial charge on any atom is -0.384 e. The highest BCUT2D eigenvalue weighted by molar-refractivity contribution is 5.32. The number of benzene rings is 1. The van der Waals surface area contributed by atoms with E-state index in [0.717, 1.165) is 25.0 Å². The van der Waals surface area contributed by atoms with Crippen LogP contribution >= 0.6 is 0 Å². The van der Waals surface area contributed by atoms with Gasteiger partial charge in [0.05, 0.1) is 5.56 Å². The fourth-order valence-corrected chi connectivity index (χ4v) is 2.84. The first-order chi connectivity index (χ1) is 9.29. The van der Waals surface area contributed by atoms with Crippen LogP contribution in [0.4, 0.5) is 17.6 Å². The van der Waals surface area contributed by atoms with E-state index in [1.165, 1.54) is 6.07 Å². The summed E-state index contributed by atoms with van der Waals surface area (Å²) in [7, 11) is 0. The first-order valence-electron chi connectivity index (χ1n) is 6.63. The Morgan fingerprint density at radius 1 is 1.25 bits per heavy atom. The molecule has 0 spiro atoms. The van der Waals surface area contributed by atoms with Crippen LogP contribution in [-0.4, -0.2) is 29.1 Å². The predicted octanol–water partition coefficient (Wildman–Crippen LogP) is 2.90. The standard InChI is InChI=1S/C14H15F4NO/c15-12-4-1-9(7-11(12)14(16,17)18)13(20)5-6-19(8-13)10-2-3-10/h1,4,7,10,20H,2-3,5-6,8H2. The number of rotatable bonds is 2. The SMILES string of the molecule is OC1(c2ccc(F)c(C(F)(F)F)c2)CCN(C2CC2)C1. The minimum atomic E-state index is -4.74. The summed E-state index contributed by atoms with van der Waals surface area (Å²) in [6, 6.07) is 3.23. The van der Waals surface area contributed by atoms with E-state index in [1.54, 1.807) is 0 Å². The second-order valence-electron chi connectivity index (χ2n) is 5.68. The van der Waals surface area contributed by atoms with Crippen LogP contribution in [0.1, 0.15) is 30.4 Å². The molecule has 0 amide bonds. The molecule has 1 aromatic rings. The van der Waals surface area contributed by atoms with Crippen LogP contribution in [-0.2, 0) is 11.8 Å². The van der Waals surface area contributed by atoms with Crippen molar-refractivity contribution in [2.24, 2.45) is 0 Å². The molecule has 1 N–H and O–H groups in total. The van der Waals surface area contributed by atoms with E-state index in [4.69, 9.17) is 0 Å². The van der Waals surface area contributed by atoms with Crippen LogP contribution in [0.25, 0.3) is 0 Å². The van der Waals surface area contributed by atoms with E-state index in [1.807, 2.05) is 0 Å². The van der Waals surface area contributed by atoms with Crippen LogP contribution in [0.5, 0.6) is 0 Å². The Bertz CT molecular complexity index is 526. The topological polar surface area (TPSA) is 23.5 Å². The second kappa shape index (κ2) is 4.43. The summed E-state index contributed by atoms with van der Waals surface area (Å²) in [5.74, 6) is -1.30. The third-order valence-corrected chi connectivity index (χ3v) is 4.15. The summed E-state index contributed by atoms with van der Waals surface area (Å²) in [4.78, 5) is 2.09. The molecule has 1 aliphatic heterocycles. The summed E-state index contributed by atoms with van der Waals surface area (Å²) in [5.41, 5.74) is -2.47. The molecule has 2 fully saturated rings. The molecule has 1 aromatic carbocycles. The molecule has 1 heterocycles. The summed E-state index contributed by atoms with van der Waals surface area (Å²) in [5, 5.41) is 10.6. The summed E-state index contributed by atoms with van der Waals surface area (Å²) < 4.78 is 51.4. The third kappa shape index (κ3) is 2.42. The van der Waals surface area contributed by atoms with Crippen molar-refractivity contribution in [3.8, 4) is 0 Å². The minimum absolute atomic E-state index is 0.148. The molecule has 0 aromatic heterocycles. The van der Waals surface area contributed by atoms with Gasteiger partial charge in [0.1, 0.15) is 11.4 Å². The van der Waals surface area contributed by atoms with E-state index in [2.05, 4.69) is 4.90 Å². The van der Waals surface area contributed by atoms with Gasteiger partial charge in [-0.15, -0.1) is 0 Å². The van der Waals surface area contributed by atoms with Crippen molar-refractivity contribution in [3.05, 3.63) is 35.1 Å². The van der Waals surface area contributed by atoms with Gasteiger partial charge in [0, 0.05) is 19.1 Å². The Kier molecular flexibility index (Phi) is 3.06. The average molecular weight is 289 g/mol. The number of likely N-dealkylation sites (tertiary alicyclic amines) is 1. The molecule has 0 bridgehead atoms. The van der Waals surface area contributed by atoms with Gasteiger partial charge in [-0.05, 0) is 37.0 Å². The van der Waals surface area contributed by atoms with Gasteiger partial charge >= 0.3 is 6.18 Å².